The van der Waals surface area contributed by atoms with Crippen LogP contribution < -0.4 is 4.74 Å². The zero-order chi connectivity index (χ0) is 14.7. The third-order valence-corrected chi connectivity index (χ3v) is 5.47. The molecule has 2 aromatic rings. The van der Waals surface area contributed by atoms with E-state index < -0.39 is 0 Å². The van der Waals surface area contributed by atoms with Crippen LogP contribution in [-0.2, 0) is 0 Å². The molecule has 0 saturated carbocycles. The molecular weight excluding hydrogens is 516 g/mol. The first-order valence-corrected chi connectivity index (χ1v) is 9.33. The molecule has 0 aliphatic carbocycles. The summed E-state index contributed by atoms with van der Waals surface area (Å²) >= 11 is 14.4. The van der Waals surface area contributed by atoms with Gasteiger partial charge in [0, 0.05) is 19.0 Å². The quantitative estimate of drug-likeness (QED) is 0.395. The Morgan fingerprint density at radius 3 is 2.20 bits per heavy atom. The number of halogens is 4. The van der Waals surface area contributed by atoms with Crippen LogP contribution in [0.4, 0.5) is 0 Å². The Labute approximate surface area is 152 Å². The van der Waals surface area contributed by atoms with Crippen LogP contribution in [0.5, 0.6) is 5.75 Å². The molecule has 1 atom stereocenters. The van der Waals surface area contributed by atoms with Crippen molar-refractivity contribution in [2.75, 3.05) is 6.61 Å². The van der Waals surface area contributed by atoms with Crippen LogP contribution in [0.25, 0.3) is 0 Å². The standard InChI is InChI=1S/C15H12Br4O/c1-2-20-14-6-4-10(17)8-12(14)15(19)11-7-9(16)3-5-13(11)18/h3-8,15H,2H2,1H3. The highest BCUT2D eigenvalue weighted by molar-refractivity contribution is 9.11. The van der Waals surface area contributed by atoms with E-state index in [0.29, 0.717) is 6.61 Å². The SMILES string of the molecule is CCOc1ccc(Br)cc1C(Br)c1cc(Br)ccc1Br. The Bertz CT molecular complexity index is 613. The van der Waals surface area contributed by atoms with Crippen molar-refractivity contribution in [3.63, 3.8) is 0 Å². The molecule has 0 saturated heterocycles. The van der Waals surface area contributed by atoms with Crippen molar-refractivity contribution >= 4 is 63.7 Å². The van der Waals surface area contributed by atoms with Crippen LogP contribution >= 0.6 is 63.7 Å². The minimum atomic E-state index is 0.0495. The third-order valence-electron chi connectivity index (χ3n) is 2.78. The zero-order valence-corrected chi connectivity index (χ0v) is 17.0. The molecule has 0 fully saturated rings. The molecule has 0 N–H and O–H groups in total. The summed E-state index contributed by atoms with van der Waals surface area (Å²) in [6, 6.07) is 12.2. The fourth-order valence-corrected chi connectivity index (χ4v) is 4.16. The van der Waals surface area contributed by atoms with Crippen LogP contribution in [0.1, 0.15) is 22.9 Å². The Morgan fingerprint density at radius 2 is 1.55 bits per heavy atom. The third kappa shape index (κ3) is 3.87. The molecule has 2 rings (SSSR count). The maximum absolute atomic E-state index is 5.73. The first-order chi connectivity index (χ1) is 9.52. The molecule has 106 valence electrons. The second-order valence-electron chi connectivity index (χ2n) is 4.14. The highest BCUT2D eigenvalue weighted by atomic mass is 79.9. The van der Waals surface area contributed by atoms with E-state index in [1.54, 1.807) is 0 Å². The lowest BCUT2D eigenvalue weighted by atomic mass is 10.0. The molecule has 1 nitrogen and oxygen atoms in total. The molecule has 0 spiro atoms. The van der Waals surface area contributed by atoms with Gasteiger partial charge in [-0.1, -0.05) is 63.7 Å². The van der Waals surface area contributed by atoms with E-state index >= 15 is 0 Å². The average Bonchev–Trinajstić information content (AvgIpc) is 2.43. The number of ether oxygens (including phenoxy) is 1. The summed E-state index contributed by atoms with van der Waals surface area (Å²) in [5, 5.41) is 0. The van der Waals surface area contributed by atoms with E-state index in [1.165, 1.54) is 0 Å². The van der Waals surface area contributed by atoms with Crippen LogP contribution in [0.15, 0.2) is 49.8 Å². The molecule has 0 heterocycles. The van der Waals surface area contributed by atoms with Gasteiger partial charge in [0.05, 0.1) is 11.4 Å². The Morgan fingerprint density at radius 1 is 0.950 bits per heavy atom. The number of benzene rings is 2. The lowest BCUT2D eigenvalue weighted by molar-refractivity contribution is 0.337. The van der Waals surface area contributed by atoms with Gasteiger partial charge in [-0.05, 0) is 48.9 Å². The maximum atomic E-state index is 5.73. The number of alkyl halides is 1. The van der Waals surface area contributed by atoms with Crippen molar-refractivity contribution < 1.29 is 4.74 Å². The second kappa shape index (κ2) is 7.43. The van der Waals surface area contributed by atoms with Crippen molar-refractivity contribution in [1.29, 1.82) is 0 Å². The molecule has 20 heavy (non-hydrogen) atoms. The molecule has 5 heteroatoms. The minimum Gasteiger partial charge on any atom is -0.494 e. The van der Waals surface area contributed by atoms with Gasteiger partial charge in [0.2, 0.25) is 0 Å². The van der Waals surface area contributed by atoms with E-state index in [2.05, 4.69) is 75.9 Å². The normalized spacial score (nSPS) is 12.2. The van der Waals surface area contributed by atoms with E-state index in [-0.39, 0.29) is 4.83 Å². The van der Waals surface area contributed by atoms with Crippen molar-refractivity contribution in [3.05, 3.63) is 60.9 Å². The van der Waals surface area contributed by atoms with Gasteiger partial charge in [-0.3, -0.25) is 0 Å². The summed E-state index contributed by atoms with van der Waals surface area (Å²) in [5.74, 6) is 0.893. The lowest BCUT2D eigenvalue weighted by Crippen LogP contribution is -2.00. The maximum Gasteiger partial charge on any atom is 0.124 e. The average molecular weight is 528 g/mol. The van der Waals surface area contributed by atoms with Gasteiger partial charge >= 0.3 is 0 Å². The molecule has 1 unspecified atom stereocenters. The topological polar surface area (TPSA) is 9.23 Å². The smallest absolute Gasteiger partial charge is 0.124 e. The summed E-state index contributed by atoms with van der Waals surface area (Å²) in [5.41, 5.74) is 2.25. The summed E-state index contributed by atoms with van der Waals surface area (Å²) < 4.78 is 8.87. The Hall–Kier alpha value is 0.160. The Kier molecular flexibility index (Phi) is 6.14. The second-order valence-corrected chi connectivity index (χ2v) is 7.74. The van der Waals surface area contributed by atoms with Gasteiger partial charge in [0.15, 0.2) is 0 Å². The first-order valence-electron chi connectivity index (χ1n) is 6.04. The molecule has 2 aromatic carbocycles. The number of rotatable bonds is 4. The largest absolute Gasteiger partial charge is 0.494 e. The van der Waals surface area contributed by atoms with Crippen LogP contribution in [-0.4, -0.2) is 6.61 Å². The summed E-state index contributed by atoms with van der Waals surface area (Å²) in [4.78, 5) is 0.0495. The van der Waals surface area contributed by atoms with Crippen LogP contribution in [0.2, 0.25) is 0 Å². The van der Waals surface area contributed by atoms with E-state index in [0.717, 1.165) is 30.3 Å². The van der Waals surface area contributed by atoms with Crippen molar-refractivity contribution in [2.45, 2.75) is 11.8 Å². The number of hydrogen-bond acceptors (Lipinski definition) is 1. The summed E-state index contributed by atoms with van der Waals surface area (Å²) in [6.45, 7) is 2.64. The van der Waals surface area contributed by atoms with Gasteiger partial charge in [-0.15, -0.1) is 0 Å². The predicted molar refractivity (Wildman–Crippen MR) is 97.9 cm³/mol. The predicted octanol–water partition coefficient (Wildman–Crippen LogP) is 6.86. The van der Waals surface area contributed by atoms with Gasteiger partial charge < -0.3 is 4.74 Å². The number of hydrogen-bond donors (Lipinski definition) is 0. The minimum absolute atomic E-state index is 0.0495. The lowest BCUT2D eigenvalue weighted by Gasteiger charge is -2.17. The monoisotopic (exact) mass is 524 g/mol. The van der Waals surface area contributed by atoms with Gasteiger partial charge in [-0.25, -0.2) is 0 Å². The van der Waals surface area contributed by atoms with E-state index in [1.807, 2.05) is 31.2 Å². The molecule has 0 bridgehead atoms. The highest BCUT2D eigenvalue weighted by Gasteiger charge is 2.18. The van der Waals surface area contributed by atoms with Crippen molar-refractivity contribution in [2.24, 2.45) is 0 Å². The summed E-state index contributed by atoms with van der Waals surface area (Å²) in [7, 11) is 0. The Balaban J connectivity index is 2.49. The molecular formula is C15H12Br4O. The zero-order valence-electron chi connectivity index (χ0n) is 10.7. The molecule has 0 radical (unpaired) electrons. The van der Waals surface area contributed by atoms with Crippen LogP contribution in [0, 0.1) is 0 Å². The van der Waals surface area contributed by atoms with Gasteiger partial charge in [-0.2, -0.15) is 0 Å². The van der Waals surface area contributed by atoms with Gasteiger partial charge in [0.1, 0.15) is 5.75 Å². The molecule has 0 aliphatic heterocycles. The molecule has 0 aromatic heterocycles. The fraction of sp³-hybridized carbons (Fsp3) is 0.200. The van der Waals surface area contributed by atoms with E-state index in [4.69, 9.17) is 4.74 Å². The van der Waals surface area contributed by atoms with Crippen LogP contribution in [0.3, 0.4) is 0 Å². The molecule has 0 aliphatic rings. The van der Waals surface area contributed by atoms with Crippen molar-refractivity contribution in [1.82, 2.24) is 0 Å². The van der Waals surface area contributed by atoms with Crippen molar-refractivity contribution in [3.8, 4) is 5.75 Å². The highest BCUT2D eigenvalue weighted by Crippen LogP contribution is 2.41. The summed E-state index contributed by atoms with van der Waals surface area (Å²) in [6.07, 6.45) is 0. The first kappa shape index (κ1) is 16.5. The van der Waals surface area contributed by atoms with E-state index in [9.17, 15) is 0 Å². The van der Waals surface area contributed by atoms with Gasteiger partial charge in [0.25, 0.3) is 0 Å². The fourth-order valence-electron chi connectivity index (χ4n) is 1.88. The molecule has 0 amide bonds.